The molecule has 1 radical (unpaired) electrons. The van der Waals surface area contributed by atoms with Gasteiger partial charge in [0.05, 0.1) is 0 Å². The summed E-state index contributed by atoms with van der Waals surface area (Å²) in [5, 5.41) is 0. The summed E-state index contributed by atoms with van der Waals surface area (Å²) >= 11 is 3.84. The quantitative estimate of drug-likeness (QED) is 0.437. The first kappa shape index (κ1) is 21.5. The van der Waals surface area contributed by atoms with Crippen molar-refractivity contribution in [1.82, 2.24) is 0 Å². The van der Waals surface area contributed by atoms with Gasteiger partial charge in [-0.05, 0) is 11.8 Å². The summed E-state index contributed by atoms with van der Waals surface area (Å²) in [5.41, 5.74) is 2.79. The van der Waals surface area contributed by atoms with E-state index in [-0.39, 0.29) is 32.7 Å². The minimum Gasteiger partial charge on any atom is -0.301 e. The van der Waals surface area contributed by atoms with Crippen molar-refractivity contribution in [2.75, 3.05) is 0 Å². The Hall–Kier alpha value is 0.504. The number of hydrogen-bond donors (Lipinski definition) is 0. The van der Waals surface area contributed by atoms with E-state index in [2.05, 4.69) is 67.5 Å². The fourth-order valence-corrected chi connectivity index (χ4v) is 5.23. The minimum absolute atomic E-state index is 0. The maximum atomic E-state index is 3.69. The predicted molar refractivity (Wildman–Crippen MR) is 102 cm³/mol. The normalized spacial score (nSPS) is 11.8. The predicted octanol–water partition coefficient (Wildman–Crippen LogP) is 7.57. The molecule has 0 saturated carbocycles. The maximum Gasteiger partial charge on any atom is 0 e. The van der Waals surface area contributed by atoms with E-state index in [1.165, 1.54) is 30.6 Å². The molecule has 0 aliphatic heterocycles. The summed E-state index contributed by atoms with van der Waals surface area (Å²) in [7, 11) is 0. The van der Waals surface area contributed by atoms with Crippen molar-refractivity contribution in [2.24, 2.45) is 0 Å². The molecular weight excluding hydrogens is 393 g/mol. The van der Waals surface area contributed by atoms with E-state index in [9.17, 15) is 0 Å². The third kappa shape index (κ3) is 4.78. The van der Waals surface area contributed by atoms with Crippen LogP contribution in [0.5, 0.6) is 0 Å². The second kappa shape index (κ2) is 8.74. The van der Waals surface area contributed by atoms with Gasteiger partial charge in [0.25, 0.3) is 0 Å². The standard InChI is InChI=1S/C20H28S2.Y/c1-11(2)15-9-17(21-19(15)13(5)6)18-10-16(12(3)4)20(22-18)14(7)8;/h11-14H,1-8H3;/q-2;. The third-order valence-electron chi connectivity index (χ3n) is 3.86. The summed E-state index contributed by atoms with van der Waals surface area (Å²) in [5.74, 6) is 2.22. The van der Waals surface area contributed by atoms with Gasteiger partial charge >= 0.3 is 0 Å². The Bertz CT molecular complexity index is 523. The molecule has 0 aromatic carbocycles. The van der Waals surface area contributed by atoms with Gasteiger partial charge in [-0.25, -0.2) is 12.1 Å². The molecule has 0 aliphatic carbocycles. The van der Waals surface area contributed by atoms with Crippen LogP contribution in [0.1, 0.15) is 99.9 Å². The zero-order valence-corrected chi connectivity index (χ0v) is 20.2. The van der Waals surface area contributed by atoms with E-state index in [4.69, 9.17) is 0 Å². The Balaban J connectivity index is 0.00000264. The van der Waals surface area contributed by atoms with Crippen molar-refractivity contribution >= 4 is 22.7 Å². The maximum absolute atomic E-state index is 3.69. The Labute approximate surface area is 176 Å². The molecule has 0 amide bonds. The van der Waals surface area contributed by atoms with E-state index in [0.29, 0.717) is 23.7 Å². The largest absolute Gasteiger partial charge is 0.301 e. The molecule has 2 aromatic heterocycles. The van der Waals surface area contributed by atoms with Gasteiger partial charge in [0, 0.05) is 32.7 Å². The third-order valence-corrected chi connectivity index (χ3v) is 6.83. The van der Waals surface area contributed by atoms with Gasteiger partial charge in [-0.1, -0.05) is 67.2 Å². The van der Waals surface area contributed by atoms with E-state index >= 15 is 0 Å². The SMILES string of the molecule is CC(C)c1[c-]c(-c2[c-]c(C(C)C)c(C(C)C)s2)sc1C(C)C.[Y]. The summed E-state index contributed by atoms with van der Waals surface area (Å²) in [4.78, 5) is 5.55. The van der Waals surface area contributed by atoms with Crippen LogP contribution < -0.4 is 0 Å². The molecule has 0 bridgehead atoms. The molecule has 0 nitrogen and oxygen atoms in total. The first-order valence-corrected chi connectivity index (χ1v) is 9.97. The van der Waals surface area contributed by atoms with Gasteiger partial charge in [0.1, 0.15) is 0 Å². The van der Waals surface area contributed by atoms with Gasteiger partial charge in [0.2, 0.25) is 0 Å². The minimum atomic E-state index is 0. The van der Waals surface area contributed by atoms with Crippen LogP contribution in [0.2, 0.25) is 0 Å². The van der Waals surface area contributed by atoms with Crippen molar-refractivity contribution < 1.29 is 32.7 Å². The monoisotopic (exact) mass is 421 g/mol. The summed E-state index contributed by atoms with van der Waals surface area (Å²) in [6, 6.07) is 7.39. The molecule has 125 valence electrons. The van der Waals surface area contributed by atoms with Crippen LogP contribution >= 0.6 is 22.7 Å². The van der Waals surface area contributed by atoms with Gasteiger partial charge in [0.15, 0.2) is 0 Å². The summed E-state index contributed by atoms with van der Waals surface area (Å²) < 4.78 is 0. The van der Waals surface area contributed by atoms with Crippen LogP contribution in [0.3, 0.4) is 0 Å². The number of hydrogen-bond acceptors (Lipinski definition) is 2. The molecule has 0 saturated heterocycles. The van der Waals surface area contributed by atoms with Gasteiger partial charge < -0.3 is 22.7 Å². The molecule has 0 N–H and O–H groups in total. The van der Waals surface area contributed by atoms with Crippen molar-refractivity contribution in [2.45, 2.75) is 79.1 Å². The first-order valence-electron chi connectivity index (χ1n) is 8.34. The van der Waals surface area contributed by atoms with E-state index < -0.39 is 0 Å². The fourth-order valence-electron chi connectivity index (χ4n) is 2.67. The number of rotatable bonds is 5. The Morgan fingerprint density at radius 3 is 1.04 bits per heavy atom. The number of thiophene rings is 2. The Morgan fingerprint density at radius 2 is 0.870 bits per heavy atom. The summed E-state index contributed by atoms with van der Waals surface area (Å²) in [6.45, 7) is 18.2. The van der Waals surface area contributed by atoms with Crippen LogP contribution in [0.15, 0.2) is 0 Å². The van der Waals surface area contributed by atoms with Gasteiger partial charge in [-0.2, -0.15) is 20.9 Å². The van der Waals surface area contributed by atoms with E-state index in [1.807, 2.05) is 22.7 Å². The first-order chi connectivity index (χ1) is 10.2. The van der Waals surface area contributed by atoms with Crippen LogP contribution in [-0.4, -0.2) is 0 Å². The molecule has 2 aromatic rings. The van der Waals surface area contributed by atoms with Crippen LogP contribution in [-0.2, 0) is 32.7 Å². The van der Waals surface area contributed by atoms with Crippen LogP contribution in [0, 0.1) is 12.1 Å². The van der Waals surface area contributed by atoms with Crippen molar-refractivity contribution in [1.29, 1.82) is 0 Å². The molecule has 0 aliphatic rings. The zero-order chi connectivity index (χ0) is 16.6. The van der Waals surface area contributed by atoms with Crippen molar-refractivity contribution in [3.8, 4) is 9.75 Å². The molecule has 0 atom stereocenters. The average molecular weight is 421 g/mol. The Kier molecular flexibility index (Phi) is 8.19. The van der Waals surface area contributed by atoms with E-state index in [0.717, 1.165) is 0 Å². The molecule has 2 heterocycles. The second-order valence-electron chi connectivity index (χ2n) is 7.29. The second-order valence-corrected chi connectivity index (χ2v) is 9.39. The topological polar surface area (TPSA) is 0 Å². The molecule has 3 heteroatoms. The molecule has 0 spiro atoms. The molecule has 0 unspecified atom stereocenters. The van der Waals surface area contributed by atoms with Gasteiger partial charge in [-0.3, -0.25) is 0 Å². The van der Waals surface area contributed by atoms with Crippen LogP contribution in [0.4, 0.5) is 0 Å². The molecule has 0 fully saturated rings. The van der Waals surface area contributed by atoms with Crippen molar-refractivity contribution in [3.05, 3.63) is 33.0 Å². The van der Waals surface area contributed by atoms with Crippen molar-refractivity contribution in [3.63, 3.8) is 0 Å². The molecule has 2 rings (SSSR count). The smallest absolute Gasteiger partial charge is 0 e. The summed E-state index contributed by atoms with van der Waals surface area (Å²) in [6.07, 6.45) is 0. The zero-order valence-electron chi connectivity index (χ0n) is 15.7. The molecule has 23 heavy (non-hydrogen) atoms. The van der Waals surface area contributed by atoms with E-state index in [1.54, 1.807) is 0 Å². The van der Waals surface area contributed by atoms with Crippen LogP contribution in [0.25, 0.3) is 9.75 Å². The van der Waals surface area contributed by atoms with Gasteiger partial charge in [-0.15, -0.1) is 9.75 Å². The molecular formula is C20H28S2Y-2. The fraction of sp³-hybridized carbons (Fsp3) is 0.600. The Morgan fingerprint density at radius 1 is 0.565 bits per heavy atom. The average Bonchev–Trinajstić information content (AvgIpc) is 3.02.